The number of hydrogen-bond donors (Lipinski definition) is 0. The Bertz CT molecular complexity index is 362. The van der Waals surface area contributed by atoms with E-state index < -0.39 is 18.0 Å². The van der Waals surface area contributed by atoms with Gasteiger partial charge in [0.1, 0.15) is 5.92 Å². The molecule has 0 bridgehead atoms. The molecule has 6 heteroatoms. The lowest BCUT2D eigenvalue weighted by atomic mass is 9.95. The van der Waals surface area contributed by atoms with Crippen LogP contribution in [0.2, 0.25) is 0 Å². The van der Waals surface area contributed by atoms with Crippen molar-refractivity contribution in [2.45, 2.75) is 20.0 Å². The van der Waals surface area contributed by atoms with Crippen molar-refractivity contribution in [2.75, 3.05) is 26.8 Å². The number of carbonyl (C=O) groups excluding carboxylic acids is 2. The fourth-order valence-electron chi connectivity index (χ4n) is 1.81. The molecule has 1 amide bonds. The van der Waals surface area contributed by atoms with Crippen LogP contribution in [0.15, 0.2) is 0 Å². The Morgan fingerprint density at radius 3 is 2.67 bits per heavy atom. The Hall–Kier alpha value is -1.61. The lowest BCUT2D eigenvalue weighted by Gasteiger charge is -2.33. The first-order chi connectivity index (χ1) is 8.51. The lowest BCUT2D eigenvalue weighted by molar-refractivity contribution is -0.163. The second-order valence-electron chi connectivity index (χ2n) is 4.52. The highest BCUT2D eigenvalue weighted by atomic mass is 16.6. The van der Waals surface area contributed by atoms with Crippen LogP contribution < -0.4 is 0 Å². The summed E-state index contributed by atoms with van der Waals surface area (Å²) < 4.78 is 9.82. The van der Waals surface area contributed by atoms with E-state index in [1.54, 1.807) is 0 Å². The molecule has 2 unspecified atom stereocenters. The number of methoxy groups -OCH3 is 1. The molecular weight excluding hydrogens is 236 g/mol. The number of hydrogen-bond acceptors (Lipinski definition) is 5. The maximum atomic E-state index is 12.1. The van der Waals surface area contributed by atoms with E-state index in [0.29, 0.717) is 6.54 Å². The fourth-order valence-corrected chi connectivity index (χ4v) is 1.81. The summed E-state index contributed by atoms with van der Waals surface area (Å²) in [6, 6.07) is 2.01. The molecule has 1 heterocycles. The highest BCUT2D eigenvalue weighted by molar-refractivity contribution is 5.83. The van der Waals surface area contributed by atoms with Gasteiger partial charge in [0.2, 0.25) is 5.91 Å². The van der Waals surface area contributed by atoms with Crippen LogP contribution in [0.1, 0.15) is 13.8 Å². The van der Waals surface area contributed by atoms with E-state index in [4.69, 9.17) is 10.00 Å². The van der Waals surface area contributed by atoms with Crippen LogP contribution in [0.5, 0.6) is 0 Å². The summed E-state index contributed by atoms with van der Waals surface area (Å²) in [7, 11) is 1.28. The van der Waals surface area contributed by atoms with Crippen molar-refractivity contribution >= 4 is 11.9 Å². The van der Waals surface area contributed by atoms with Crippen molar-refractivity contribution in [3.05, 3.63) is 0 Å². The van der Waals surface area contributed by atoms with Crippen molar-refractivity contribution in [1.82, 2.24) is 4.90 Å². The molecule has 0 spiro atoms. The quantitative estimate of drug-likeness (QED) is 0.671. The van der Waals surface area contributed by atoms with Crippen molar-refractivity contribution in [3.8, 4) is 6.07 Å². The van der Waals surface area contributed by atoms with Crippen molar-refractivity contribution in [1.29, 1.82) is 5.26 Å². The molecule has 0 N–H and O–H groups in total. The van der Waals surface area contributed by atoms with Crippen LogP contribution >= 0.6 is 0 Å². The Morgan fingerprint density at radius 2 is 2.17 bits per heavy atom. The van der Waals surface area contributed by atoms with E-state index in [1.807, 2.05) is 19.9 Å². The Kier molecular flexibility index (Phi) is 5.10. The second-order valence-corrected chi connectivity index (χ2v) is 4.52. The Balaban J connectivity index is 2.69. The summed E-state index contributed by atoms with van der Waals surface area (Å²) in [5.41, 5.74) is 0. The van der Waals surface area contributed by atoms with Gasteiger partial charge in [0, 0.05) is 6.54 Å². The van der Waals surface area contributed by atoms with Gasteiger partial charge in [-0.25, -0.2) is 4.79 Å². The van der Waals surface area contributed by atoms with Gasteiger partial charge in [0.15, 0.2) is 6.10 Å². The zero-order valence-electron chi connectivity index (χ0n) is 10.9. The topological polar surface area (TPSA) is 79.6 Å². The van der Waals surface area contributed by atoms with E-state index in [0.717, 1.165) is 0 Å². The molecule has 2 atom stereocenters. The second kappa shape index (κ2) is 6.36. The monoisotopic (exact) mass is 254 g/mol. The summed E-state index contributed by atoms with van der Waals surface area (Å²) in [5.74, 6) is -1.47. The molecule has 0 aromatic heterocycles. The molecule has 18 heavy (non-hydrogen) atoms. The van der Waals surface area contributed by atoms with Gasteiger partial charge in [-0.2, -0.15) is 5.26 Å². The Labute approximate surface area is 106 Å². The number of carbonyl (C=O) groups is 2. The van der Waals surface area contributed by atoms with E-state index in [1.165, 1.54) is 12.0 Å². The maximum Gasteiger partial charge on any atom is 0.336 e. The van der Waals surface area contributed by atoms with E-state index in [9.17, 15) is 9.59 Å². The minimum atomic E-state index is -0.751. The van der Waals surface area contributed by atoms with Gasteiger partial charge < -0.3 is 14.4 Å². The highest BCUT2D eigenvalue weighted by Crippen LogP contribution is 2.16. The SMILES string of the molecule is COC(=O)C1CN(C(=O)C(C#N)C(C)C)CCO1. The average molecular weight is 254 g/mol. The lowest BCUT2D eigenvalue weighted by Crippen LogP contribution is -2.51. The molecule has 1 aliphatic rings. The molecule has 0 saturated carbocycles. The third-order valence-corrected chi connectivity index (χ3v) is 2.91. The van der Waals surface area contributed by atoms with Crippen LogP contribution in [-0.4, -0.2) is 49.7 Å². The minimum absolute atomic E-state index is 0.0538. The molecule has 6 nitrogen and oxygen atoms in total. The van der Waals surface area contributed by atoms with Gasteiger partial charge in [0.25, 0.3) is 0 Å². The minimum Gasteiger partial charge on any atom is -0.467 e. The number of morpholine rings is 1. The normalized spacial score (nSPS) is 21.3. The number of ether oxygens (including phenoxy) is 2. The average Bonchev–Trinajstić information content (AvgIpc) is 2.38. The van der Waals surface area contributed by atoms with Crippen molar-refractivity contribution in [2.24, 2.45) is 11.8 Å². The fraction of sp³-hybridized carbons (Fsp3) is 0.750. The molecular formula is C12H18N2O4. The molecule has 1 saturated heterocycles. The summed E-state index contributed by atoms with van der Waals surface area (Å²) in [6.45, 7) is 4.48. The summed E-state index contributed by atoms with van der Waals surface area (Å²) in [4.78, 5) is 25.0. The maximum absolute atomic E-state index is 12.1. The van der Waals surface area contributed by atoms with Gasteiger partial charge >= 0.3 is 5.97 Å². The van der Waals surface area contributed by atoms with Crippen LogP contribution in [0.25, 0.3) is 0 Å². The largest absolute Gasteiger partial charge is 0.467 e. The molecule has 1 rings (SSSR count). The molecule has 100 valence electrons. The zero-order valence-corrected chi connectivity index (χ0v) is 10.9. The third kappa shape index (κ3) is 3.20. The predicted octanol–water partition coefficient (Wildman–Crippen LogP) is 0.183. The van der Waals surface area contributed by atoms with Crippen molar-refractivity contribution in [3.63, 3.8) is 0 Å². The zero-order chi connectivity index (χ0) is 13.7. The molecule has 0 aromatic rings. The first-order valence-electron chi connectivity index (χ1n) is 5.89. The summed E-state index contributed by atoms with van der Waals surface area (Å²) in [6.07, 6.45) is -0.751. The first kappa shape index (κ1) is 14.5. The highest BCUT2D eigenvalue weighted by Gasteiger charge is 2.34. The number of nitriles is 1. The molecule has 0 aromatic carbocycles. The van der Waals surface area contributed by atoms with Gasteiger partial charge in [-0.15, -0.1) is 0 Å². The van der Waals surface area contributed by atoms with Crippen molar-refractivity contribution < 1.29 is 19.1 Å². The van der Waals surface area contributed by atoms with Gasteiger partial charge in [-0.05, 0) is 5.92 Å². The van der Waals surface area contributed by atoms with Gasteiger partial charge in [-0.1, -0.05) is 13.8 Å². The van der Waals surface area contributed by atoms with Crippen LogP contribution in [0.3, 0.4) is 0 Å². The number of nitrogens with zero attached hydrogens (tertiary/aromatic N) is 2. The smallest absolute Gasteiger partial charge is 0.336 e. The van der Waals surface area contributed by atoms with Gasteiger partial charge in [0.05, 0.1) is 26.3 Å². The third-order valence-electron chi connectivity index (χ3n) is 2.91. The number of amides is 1. The van der Waals surface area contributed by atoms with Crippen LogP contribution in [0, 0.1) is 23.2 Å². The first-order valence-corrected chi connectivity index (χ1v) is 5.89. The summed E-state index contributed by atoms with van der Waals surface area (Å²) >= 11 is 0. The van der Waals surface area contributed by atoms with Crippen LogP contribution in [0.4, 0.5) is 0 Å². The van der Waals surface area contributed by atoms with Crippen LogP contribution in [-0.2, 0) is 19.1 Å². The van der Waals surface area contributed by atoms with E-state index in [-0.39, 0.29) is 25.0 Å². The number of esters is 1. The molecule has 0 radical (unpaired) electrons. The number of rotatable bonds is 3. The van der Waals surface area contributed by atoms with E-state index in [2.05, 4.69) is 4.74 Å². The van der Waals surface area contributed by atoms with Gasteiger partial charge in [-0.3, -0.25) is 4.79 Å². The molecule has 1 aliphatic heterocycles. The predicted molar refractivity (Wildman–Crippen MR) is 62.3 cm³/mol. The molecule has 1 fully saturated rings. The molecule has 0 aliphatic carbocycles. The summed E-state index contributed by atoms with van der Waals surface area (Å²) in [5, 5.41) is 9.00. The Morgan fingerprint density at radius 1 is 1.50 bits per heavy atom. The van der Waals surface area contributed by atoms with E-state index >= 15 is 0 Å². The standard InChI is InChI=1S/C12H18N2O4/c1-8(2)9(6-13)11(15)14-4-5-18-10(7-14)12(16)17-3/h8-10H,4-5,7H2,1-3H3.